The topological polar surface area (TPSA) is 42.0 Å². The summed E-state index contributed by atoms with van der Waals surface area (Å²) in [5, 5.41) is 7.16. The molecule has 0 bridgehead atoms. The van der Waals surface area contributed by atoms with Crippen molar-refractivity contribution in [1.29, 1.82) is 0 Å². The largest absolute Gasteiger partial charge is 0.494 e. The van der Waals surface area contributed by atoms with Crippen LogP contribution in [0.25, 0.3) is 114 Å². The van der Waals surface area contributed by atoms with Crippen molar-refractivity contribution in [2.75, 3.05) is 0 Å². The van der Waals surface area contributed by atoms with E-state index in [-0.39, 0.29) is 23.0 Å². The van der Waals surface area contributed by atoms with E-state index in [1.54, 1.807) is 0 Å². The van der Waals surface area contributed by atoms with Crippen LogP contribution in [0.2, 0.25) is 0 Å². The Balaban J connectivity index is 0.000000175. The van der Waals surface area contributed by atoms with E-state index < -0.39 is 0 Å². The molecule has 9 heteroatoms. The van der Waals surface area contributed by atoms with Gasteiger partial charge in [-0.05, 0) is 146 Å². The first-order chi connectivity index (χ1) is 37.1. The number of benzene rings is 10. The number of aromatic nitrogens is 3. The van der Waals surface area contributed by atoms with Crippen molar-refractivity contribution in [3.05, 3.63) is 253 Å². The van der Waals surface area contributed by atoms with Gasteiger partial charge in [0, 0.05) is 44.0 Å². The highest BCUT2D eigenvalue weighted by atomic mass is 19.0. The zero-order valence-corrected chi connectivity index (χ0v) is 43.0. The van der Waals surface area contributed by atoms with Gasteiger partial charge in [-0.25, -0.2) is 9.69 Å². The van der Waals surface area contributed by atoms with Crippen molar-refractivity contribution >= 4 is 89.4 Å². The maximum absolute atomic E-state index is 7.90. The highest BCUT2D eigenvalue weighted by molar-refractivity contribution is 6.62. The summed E-state index contributed by atoms with van der Waals surface area (Å²) >= 11 is 0. The van der Waals surface area contributed by atoms with Crippen molar-refractivity contribution in [2.24, 2.45) is 0 Å². The number of halogens is 1. The van der Waals surface area contributed by atoms with Gasteiger partial charge in [-0.3, -0.25) is 4.70 Å². The molecule has 0 unspecified atom stereocenters. The molecule has 370 valence electrons. The van der Waals surface area contributed by atoms with Crippen LogP contribution in [0.5, 0.6) is 0 Å². The smallest absolute Gasteiger partial charge is 0.399 e. The average molecular weight is 1000 g/mol. The lowest BCUT2D eigenvalue weighted by Crippen LogP contribution is -2.41. The van der Waals surface area contributed by atoms with E-state index in [2.05, 4.69) is 233 Å². The van der Waals surface area contributed by atoms with Crippen LogP contribution < -0.4 is 5.46 Å². The number of fused-ring (bicyclic) bond motifs is 9. The van der Waals surface area contributed by atoms with Gasteiger partial charge in [0.25, 0.3) is 0 Å². The first-order valence-electron chi connectivity index (χ1n) is 25.7. The maximum Gasteiger partial charge on any atom is 0.494 e. The Morgan fingerprint density at radius 3 is 1.25 bits per heavy atom. The molecule has 1 saturated heterocycles. The molecule has 77 heavy (non-hydrogen) atoms. The molecule has 0 N–H and O–H groups in total. The summed E-state index contributed by atoms with van der Waals surface area (Å²) in [7, 11) is -0.336. The minimum absolute atomic E-state index is 0. The maximum atomic E-state index is 7.90. The SMILES string of the molecule is CC1(C)OB(c2ccc(-n3c4ccccc4c4ccccc43)cc2)OC1(C)C.F.[C-]#[N+]c1ccc2c(c1)c1ccccc1n2-c1cc(-c2ccc(-n3c4ccccc4c4ccccc43)cc2)cc(-c2ccccc2[N+]#[C-])c1. The van der Waals surface area contributed by atoms with Gasteiger partial charge in [0.05, 0.1) is 57.4 Å². The molecule has 0 aliphatic carbocycles. The molecule has 1 fully saturated rings. The second-order valence-corrected chi connectivity index (χ2v) is 20.5. The van der Waals surface area contributed by atoms with Crippen LogP contribution in [0.1, 0.15) is 27.7 Å². The summed E-state index contributed by atoms with van der Waals surface area (Å²) in [5.41, 5.74) is 15.8. The zero-order chi connectivity index (χ0) is 51.7. The van der Waals surface area contributed by atoms with Gasteiger partial charge in [-0.1, -0.05) is 146 Å². The molecule has 10 aromatic carbocycles. The molecule has 0 atom stereocenters. The molecular weight excluding hydrogens is 949 g/mol. The van der Waals surface area contributed by atoms with Gasteiger partial charge in [-0.15, -0.1) is 0 Å². The molecule has 1 aliphatic rings. The molecular formula is C68H51BFN5O2. The number of para-hydroxylation sites is 6. The minimum atomic E-state index is -0.336. The molecule has 0 amide bonds. The summed E-state index contributed by atoms with van der Waals surface area (Å²) in [6.45, 7) is 23.8. The molecule has 1 aliphatic heterocycles. The lowest BCUT2D eigenvalue weighted by Gasteiger charge is -2.32. The van der Waals surface area contributed by atoms with Crippen molar-refractivity contribution < 1.29 is 14.0 Å². The van der Waals surface area contributed by atoms with Gasteiger partial charge < -0.3 is 23.0 Å². The van der Waals surface area contributed by atoms with Crippen LogP contribution >= 0.6 is 0 Å². The van der Waals surface area contributed by atoms with Crippen LogP contribution in [0.3, 0.4) is 0 Å². The number of nitrogens with zero attached hydrogens (tertiary/aromatic N) is 5. The minimum Gasteiger partial charge on any atom is -0.399 e. The summed E-state index contributed by atoms with van der Waals surface area (Å²) in [5.74, 6) is 0. The third-order valence-electron chi connectivity index (χ3n) is 15.6. The molecule has 4 heterocycles. The van der Waals surface area contributed by atoms with E-state index in [0.29, 0.717) is 11.4 Å². The van der Waals surface area contributed by atoms with Crippen LogP contribution in [0.15, 0.2) is 231 Å². The summed E-state index contributed by atoms with van der Waals surface area (Å²) in [6.07, 6.45) is 0. The lowest BCUT2D eigenvalue weighted by molar-refractivity contribution is 0.00578. The summed E-state index contributed by atoms with van der Waals surface area (Å²) in [6, 6.07) is 80.2. The van der Waals surface area contributed by atoms with E-state index in [1.807, 2.05) is 48.5 Å². The second-order valence-electron chi connectivity index (χ2n) is 20.5. The normalized spacial score (nSPS) is 13.7. The molecule has 0 spiro atoms. The van der Waals surface area contributed by atoms with E-state index in [9.17, 15) is 0 Å². The highest BCUT2D eigenvalue weighted by Gasteiger charge is 2.51. The highest BCUT2D eigenvalue weighted by Crippen LogP contribution is 2.41. The first-order valence-corrected chi connectivity index (χ1v) is 25.7. The van der Waals surface area contributed by atoms with E-state index in [0.717, 1.165) is 66.6 Å². The fourth-order valence-electron chi connectivity index (χ4n) is 11.2. The Hall–Kier alpha value is -9.51. The van der Waals surface area contributed by atoms with Crippen molar-refractivity contribution in [3.8, 4) is 39.3 Å². The Bertz CT molecular complexity index is 4390. The van der Waals surface area contributed by atoms with Crippen molar-refractivity contribution in [1.82, 2.24) is 13.7 Å². The van der Waals surface area contributed by atoms with Crippen molar-refractivity contribution in [3.63, 3.8) is 0 Å². The van der Waals surface area contributed by atoms with Gasteiger partial charge in [0.15, 0.2) is 11.4 Å². The Kier molecular flexibility index (Phi) is 12.0. The predicted molar refractivity (Wildman–Crippen MR) is 318 cm³/mol. The zero-order valence-electron chi connectivity index (χ0n) is 43.0. The quantitative estimate of drug-likeness (QED) is 0.123. The van der Waals surface area contributed by atoms with Gasteiger partial charge in [-0.2, -0.15) is 0 Å². The van der Waals surface area contributed by atoms with Crippen LogP contribution in [-0.2, 0) is 9.31 Å². The standard InChI is InChI=1S/C44H26N4.C24H24BNO2.FH/c1-45-32-21-24-44-39(28-32)38-14-6-10-18-43(38)48(44)34-26-30(25-31(27-34)35-11-3-7-15-40(35)46-2)29-19-22-33(23-20-29)47-41-16-8-4-12-36(41)37-13-5-9-17-42(37)47;1-23(2)24(3,4)28-25(27-23)17-13-15-18(16-14-17)26-21-11-7-5-9-19(21)20-10-6-8-12-22(20)26;/h3-28H;5-16H,1-4H3;1H. The van der Waals surface area contributed by atoms with Crippen molar-refractivity contribution in [2.45, 2.75) is 38.9 Å². The number of hydrogen-bond acceptors (Lipinski definition) is 2. The fraction of sp³-hybridized carbons (Fsp3) is 0.0882. The fourth-order valence-corrected chi connectivity index (χ4v) is 11.2. The summed E-state index contributed by atoms with van der Waals surface area (Å²) in [4.78, 5) is 7.57. The molecule has 3 aromatic heterocycles. The Morgan fingerprint density at radius 2 is 0.766 bits per heavy atom. The van der Waals surface area contributed by atoms with E-state index in [4.69, 9.17) is 22.5 Å². The third kappa shape index (κ3) is 8.13. The Labute approximate surface area is 446 Å². The van der Waals surface area contributed by atoms with E-state index >= 15 is 0 Å². The van der Waals surface area contributed by atoms with Gasteiger partial charge in [0.1, 0.15) is 0 Å². The average Bonchev–Trinajstić information content (AvgIpc) is 4.19. The lowest BCUT2D eigenvalue weighted by atomic mass is 9.79. The molecule has 0 radical (unpaired) electrons. The predicted octanol–water partition coefficient (Wildman–Crippen LogP) is 17.6. The first kappa shape index (κ1) is 48.4. The molecule has 7 nitrogen and oxygen atoms in total. The van der Waals surface area contributed by atoms with Crippen LogP contribution in [-0.4, -0.2) is 32.0 Å². The molecule has 0 saturated carbocycles. The third-order valence-corrected chi connectivity index (χ3v) is 15.6. The summed E-state index contributed by atoms with van der Waals surface area (Å²) < 4.78 is 19.3. The monoisotopic (exact) mass is 999 g/mol. The number of rotatable bonds is 6. The Morgan fingerprint density at radius 1 is 0.364 bits per heavy atom. The molecule has 13 aromatic rings. The van der Waals surface area contributed by atoms with Gasteiger partial charge >= 0.3 is 7.12 Å². The molecule has 14 rings (SSSR count). The van der Waals surface area contributed by atoms with E-state index in [1.165, 1.54) is 43.6 Å². The number of hydrogen-bond donors (Lipinski definition) is 0. The second kappa shape index (κ2) is 19.0. The van der Waals surface area contributed by atoms with Gasteiger partial charge in [0.2, 0.25) is 0 Å². The van der Waals surface area contributed by atoms with Crippen LogP contribution in [0.4, 0.5) is 16.1 Å². The van der Waals surface area contributed by atoms with Crippen LogP contribution in [0, 0.1) is 13.1 Å².